The minimum atomic E-state index is 0.524. The molecule has 0 amide bonds. The summed E-state index contributed by atoms with van der Waals surface area (Å²) in [5, 5.41) is 10.2. The van der Waals surface area contributed by atoms with Gasteiger partial charge < -0.3 is 9.15 Å². The number of benzene rings is 1. The Morgan fingerprint density at radius 3 is 2.80 bits per heavy atom. The molecule has 0 unspecified atom stereocenters. The second-order valence-electron chi connectivity index (χ2n) is 4.42. The normalized spacial score (nSPS) is 16.4. The predicted octanol–water partition coefficient (Wildman–Crippen LogP) is 1.84. The Morgan fingerprint density at radius 2 is 2.00 bits per heavy atom. The van der Waals surface area contributed by atoms with E-state index in [1.165, 1.54) is 0 Å². The van der Waals surface area contributed by atoms with Gasteiger partial charge >= 0.3 is 0 Å². The van der Waals surface area contributed by atoms with Crippen molar-refractivity contribution in [3.63, 3.8) is 0 Å². The highest BCUT2D eigenvalue weighted by Gasteiger charge is 2.13. The Labute approximate surface area is 125 Å². The molecule has 1 fully saturated rings. The van der Waals surface area contributed by atoms with Crippen molar-refractivity contribution in [3.05, 3.63) is 34.6 Å². The van der Waals surface area contributed by atoms with Crippen LogP contribution in [0, 0.1) is 0 Å². The van der Waals surface area contributed by atoms with Crippen LogP contribution in [0.15, 0.2) is 33.2 Å². The lowest BCUT2D eigenvalue weighted by molar-refractivity contribution is 0.00917. The highest BCUT2D eigenvalue weighted by molar-refractivity contribution is 9.10. The minimum Gasteiger partial charge on any atom is -0.419 e. The van der Waals surface area contributed by atoms with Gasteiger partial charge in [0.15, 0.2) is 0 Å². The molecule has 2 aromatic rings. The summed E-state index contributed by atoms with van der Waals surface area (Å²) in [6.07, 6.45) is 0. The summed E-state index contributed by atoms with van der Waals surface area (Å²) >= 11 is 3.48. The number of rotatable bonds is 4. The first-order valence-corrected chi connectivity index (χ1v) is 7.26. The fourth-order valence-corrected chi connectivity index (χ4v) is 2.42. The Hall–Kier alpha value is -1.28. The van der Waals surface area contributed by atoms with Crippen molar-refractivity contribution >= 4 is 15.9 Å². The lowest BCUT2D eigenvalue weighted by Crippen LogP contribution is -2.45. The van der Waals surface area contributed by atoms with Gasteiger partial charge in [0.25, 0.3) is 0 Å². The first-order valence-electron chi connectivity index (χ1n) is 6.46. The molecule has 0 radical (unpaired) electrons. The molecule has 20 heavy (non-hydrogen) atoms. The average Bonchev–Trinajstić information content (AvgIpc) is 2.95. The number of morpholine rings is 1. The van der Waals surface area contributed by atoms with Crippen molar-refractivity contribution in [2.24, 2.45) is 0 Å². The van der Waals surface area contributed by atoms with E-state index in [1.54, 1.807) is 0 Å². The van der Waals surface area contributed by atoms with Crippen molar-refractivity contribution in [2.75, 3.05) is 26.3 Å². The van der Waals surface area contributed by atoms with E-state index < -0.39 is 0 Å². The van der Waals surface area contributed by atoms with Crippen LogP contribution < -0.4 is 5.43 Å². The number of nitrogens with one attached hydrogen (secondary N) is 1. The van der Waals surface area contributed by atoms with Gasteiger partial charge in [-0.3, -0.25) is 0 Å². The van der Waals surface area contributed by atoms with Crippen molar-refractivity contribution in [3.8, 4) is 11.5 Å². The zero-order valence-electron chi connectivity index (χ0n) is 10.9. The summed E-state index contributed by atoms with van der Waals surface area (Å²) in [4.78, 5) is 0. The molecule has 1 aromatic carbocycles. The van der Waals surface area contributed by atoms with Crippen LogP contribution in [0.3, 0.4) is 0 Å². The predicted molar refractivity (Wildman–Crippen MR) is 76.7 cm³/mol. The molecule has 1 N–H and O–H groups in total. The van der Waals surface area contributed by atoms with Crippen LogP contribution in [0.1, 0.15) is 5.89 Å². The number of hydrogen-bond donors (Lipinski definition) is 1. The average molecular weight is 339 g/mol. The van der Waals surface area contributed by atoms with Gasteiger partial charge in [-0.15, -0.1) is 10.2 Å². The maximum absolute atomic E-state index is 5.67. The van der Waals surface area contributed by atoms with Gasteiger partial charge in [-0.05, 0) is 28.1 Å². The van der Waals surface area contributed by atoms with Crippen molar-refractivity contribution < 1.29 is 9.15 Å². The maximum atomic E-state index is 5.67. The molecule has 7 heteroatoms. The molecule has 1 aliphatic heterocycles. The van der Waals surface area contributed by atoms with Gasteiger partial charge in [0.1, 0.15) is 0 Å². The fraction of sp³-hybridized carbons (Fsp3) is 0.385. The summed E-state index contributed by atoms with van der Waals surface area (Å²) in [5.74, 6) is 1.10. The van der Waals surface area contributed by atoms with Crippen LogP contribution in [-0.2, 0) is 11.3 Å². The van der Waals surface area contributed by atoms with Gasteiger partial charge in [0.2, 0.25) is 11.8 Å². The monoisotopic (exact) mass is 338 g/mol. The molecule has 0 spiro atoms. The second-order valence-corrected chi connectivity index (χ2v) is 5.27. The summed E-state index contributed by atoms with van der Waals surface area (Å²) in [7, 11) is 0. The first-order chi connectivity index (χ1) is 9.83. The van der Waals surface area contributed by atoms with E-state index in [9.17, 15) is 0 Å². The van der Waals surface area contributed by atoms with Crippen molar-refractivity contribution in [1.29, 1.82) is 0 Å². The summed E-state index contributed by atoms with van der Waals surface area (Å²) in [5.41, 5.74) is 4.16. The van der Waals surface area contributed by atoms with E-state index in [4.69, 9.17) is 9.15 Å². The van der Waals surface area contributed by atoms with E-state index in [0.717, 1.165) is 36.3 Å². The van der Waals surface area contributed by atoms with Gasteiger partial charge in [-0.1, -0.05) is 12.1 Å². The number of hydrogen-bond acceptors (Lipinski definition) is 6. The minimum absolute atomic E-state index is 0.524. The van der Waals surface area contributed by atoms with Crippen LogP contribution in [0.2, 0.25) is 0 Å². The van der Waals surface area contributed by atoms with Crippen LogP contribution in [0.25, 0.3) is 11.5 Å². The van der Waals surface area contributed by atoms with E-state index in [-0.39, 0.29) is 0 Å². The molecule has 2 heterocycles. The molecule has 3 rings (SSSR count). The van der Waals surface area contributed by atoms with Gasteiger partial charge in [0, 0.05) is 17.6 Å². The largest absolute Gasteiger partial charge is 0.419 e. The summed E-state index contributed by atoms with van der Waals surface area (Å²) < 4.78 is 11.9. The van der Waals surface area contributed by atoms with E-state index in [2.05, 4.69) is 36.6 Å². The Bertz CT molecular complexity index is 569. The maximum Gasteiger partial charge on any atom is 0.248 e. The third-order valence-electron chi connectivity index (χ3n) is 3.04. The third kappa shape index (κ3) is 3.24. The van der Waals surface area contributed by atoms with Crippen LogP contribution >= 0.6 is 15.9 Å². The molecule has 0 aliphatic carbocycles. The first kappa shape index (κ1) is 13.7. The summed E-state index contributed by atoms with van der Waals surface area (Å²) in [6.45, 7) is 3.76. The fourth-order valence-electron chi connectivity index (χ4n) is 1.97. The zero-order valence-corrected chi connectivity index (χ0v) is 12.5. The number of ether oxygens (including phenoxy) is 1. The molecular formula is C13H15BrN4O2. The number of hydrazine groups is 1. The van der Waals surface area contributed by atoms with E-state index in [0.29, 0.717) is 18.3 Å². The highest BCUT2D eigenvalue weighted by atomic mass is 79.9. The van der Waals surface area contributed by atoms with E-state index >= 15 is 0 Å². The van der Waals surface area contributed by atoms with Crippen LogP contribution in [0.5, 0.6) is 0 Å². The summed E-state index contributed by atoms with van der Waals surface area (Å²) in [6, 6.07) is 7.78. The molecule has 0 bridgehead atoms. The number of halogens is 1. The number of aromatic nitrogens is 2. The van der Waals surface area contributed by atoms with E-state index in [1.807, 2.05) is 24.3 Å². The lowest BCUT2D eigenvalue weighted by atomic mass is 10.2. The van der Waals surface area contributed by atoms with Crippen molar-refractivity contribution in [1.82, 2.24) is 20.6 Å². The molecule has 0 atom stereocenters. The van der Waals surface area contributed by atoms with Crippen LogP contribution in [-0.4, -0.2) is 41.5 Å². The number of nitrogens with zero attached hydrogens (tertiary/aromatic N) is 3. The SMILES string of the molecule is Brc1ccccc1-c1nnc(CNN2CCOCC2)o1. The zero-order chi connectivity index (χ0) is 13.8. The van der Waals surface area contributed by atoms with Gasteiger partial charge in [0.05, 0.1) is 25.3 Å². The van der Waals surface area contributed by atoms with Gasteiger partial charge in [-0.2, -0.15) is 0 Å². The molecule has 6 nitrogen and oxygen atoms in total. The Morgan fingerprint density at radius 1 is 1.20 bits per heavy atom. The highest BCUT2D eigenvalue weighted by Crippen LogP contribution is 2.26. The Balaban J connectivity index is 1.63. The molecule has 1 saturated heterocycles. The molecule has 1 aliphatic rings. The third-order valence-corrected chi connectivity index (χ3v) is 3.73. The smallest absolute Gasteiger partial charge is 0.248 e. The molecule has 106 valence electrons. The standard InChI is InChI=1S/C13H15BrN4O2/c14-11-4-2-1-3-10(11)13-17-16-12(20-13)9-15-18-5-7-19-8-6-18/h1-4,15H,5-9H2. The Kier molecular flexibility index (Phi) is 4.41. The second kappa shape index (κ2) is 6.45. The molecule has 1 aromatic heterocycles. The molecular weight excluding hydrogens is 324 g/mol. The van der Waals surface area contributed by atoms with Gasteiger partial charge in [-0.25, -0.2) is 10.4 Å². The lowest BCUT2D eigenvalue weighted by Gasteiger charge is -2.26. The topological polar surface area (TPSA) is 63.4 Å². The molecule has 0 saturated carbocycles. The van der Waals surface area contributed by atoms with Crippen LogP contribution in [0.4, 0.5) is 0 Å². The van der Waals surface area contributed by atoms with Crippen molar-refractivity contribution in [2.45, 2.75) is 6.54 Å². The quantitative estimate of drug-likeness (QED) is 0.917.